The molecule has 0 amide bonds. The topological polar surface area (TPSA) is 83.1 Å². The van der Waals surface area contributed by atoms with Gasteiger partial charge in [0.1, 0.15) is 11.6 Å². The summed E-state index contributed by atoms with van der Waals surface area (Å²) in [5.74, 6) is 1.71. The van der Waals surface area contributed by atoms with Crippen molar-refractivity contribution < 1.29 is 0 Å². The van der Waals surface area contributed by atoms with Crippen LogP contribution in [0.3, 0.4) is 0 Å². The number of thiazole rings is 2. The smallest absolute Gasteiger partial charge is 0.150 e. The fourth-order valence-corrected chi connectivity index (χ4v) is 4.41. The molecule has 0 saturated heterocycles. The number of imidazole rings is 2. The predicted molar refractivity (Wildman–Crippen MR) is 113 cm³/mol. The van der Waals surface area contributed by atoms with Crippen LogP contribution in [0, 0.1) is 0 Å². The van der Waals surface area contributed by atoms with Crippen molar-refractivity contribution in [2.45, 2.75) is 0 Å². The van der Waals surface area contributed by atoms with E-state index in [-0.39, 0.29) is 0 Å². The summed E-state index contributed by atoms with van der Waals surface area (Å²) in [6, 6.07) is 12.6. The van der Waals surface area contributed by atoms with Gasteiger partial charge in [0, 0.05) is 12.4 Å². The number of aromatic nitrogens is 6. The van der Waals surface area contributed by atoms with Crippen molar-refractivity contribution in [2.75, 3.05) is 0 Å². The van der Waals surface area contributed by atoms with Gasteiger partial charge in [0.05, 0.1) is 42.8 Å². The second-order valence-corrected chi connectivity index (χ2v) is 8.14. The largest absolute Gasteiger partial charge is 0.337 e. The molecule has 0 unspecified atom stereocenters. The van der Waals surface area contributed by atoms with E-state index in [0.29, 0.717) is 0 Å². The zero-order valence-electron chi connectivity index (χ0n) is 14.4. The van der Waals surface area contributed by atoms with Crippen LogP contribution in [-0.2, 0) is 0 Å². The quantitative estimate of drug-likeness (QED) is 0.419. The Morgan fingerprint density at radius 1 is 0.643 bits per heavy atom. The SMILES string of the molecule is c1ncc(-c2nc3ccc(-c4ccc5nc(-c6cncs6)[nH]c5c4)cc3[nH]2)s1. The summed E-state index contributed by atoms with van der Waals surface area (Å²) in [7, 11) is 0. The third-order valence-corrected chi connectivity index (χ3v) is 6.19. The fraction of sp³-hybridized carbons (Fsp3) is 0. The number of hydrogen-bond donors (Lipinski definition) is 2. The Morgan fingerprint density at radius 3 is 1.57 bits per heavy atom. The van der Waals surface area contributed by atoms with Crippen LogP contribution in [0.4, 0.5) is 0 Å². The van der Waals surface area contributed by atoms with Gasteiger partial charge >= 0.3 is 0 Å². The number of H-pyrrole nitrogens is 2. The van der Waals surface area contributed by atoms with Crippen LogP contribution in [0.2, 0.25) is 0 Å². The first-order valence-electron chi connectivity index (χ1n) is 8.61. The van der Waals surface area contributed by atoms with Crippen LogP contribution in [0.5, 0.6) is 0 Å². The molecule has 28 heavy (non-hydrogen) atoms. The van der Waals surface area contributed by atoms with E-state index in [2.05, 4.69) is 54.2 Å². The molecule has 0 fully saturated rings. The molecule has 6 aromatic rings. The predicted octanol–water partition coefficient (Wildman–Crippen LogP) is 5.35. The average molecular weight is 400 g/mol. The third kappa shape index (κ3) is 2.54. The zero-order chi connectivity index (χ0) is 18.5. The van der Waals surface area contributed by atoms with Crippen molar-refractivity contribution in [1.82, 2.24) is 29.9 Å². The van der Waals surface area contributed by atoms with Crippen molar-refractivity contribution in [3.8, 4) is 32.5 Å². The van der Waals surface area contributed by atoms with Gasteiger partial charge in [-0.15, -0.1) is 22.7 Å². The summed E-state index contributed by atoms with van der Waals surface area (Å²) in [6.07, 6.45) is 3.66. The lowest BCUT2D eigenvalue weighted by Crippen LogP contribution is -1.79. The number of aromatic amines is 2. The summed E-state index contributed by atoms with van der Waals surface area (Å²) < 4.78 is 0. The summed E-state index contributed by atoms with van der Waals surface area (Å²) in [6.45, 7) is 0. The van der Waals surface area contributed by atoms with E-state index in [1.165, 1.54) is 0 Å². The van der Waals surface area contributed by atoms with Gasteiger partial charge in [-0.2, -0.15) is 0 Å². The highest BCUT2D eigenvalue weighted by molar-refractivity contribution is 7.13. The van der Waals surface area contributed by atoms with Crippen LogP contribution in [0.1, 0.15) is 0 Å². The molecule has 0 aliphatic carbocycles. The van der Waals surface area contributed by atoms with Gasteiger partial charge in [-0.25, -0.2) is 9.97 Å². The van der Waals surface area contributed by atoms with Gasteiger partial charge in [0.2, 0.25) is 0 Å². The van der Waals surface area contributed by atoms with E-state index in [1.54, 1.807) is 22.7 Å². The lowest BCUT2D eigenvalue weighted by molar-refractivity contribution is 1.34. The summed E-state index contributed by atoms with van der Waals surface area (Å²) in [4.78, 5) is 26.5. The summed E-state index contributed by atoms with van der Waals surface area (Å²) in [5, 5.41) is 0. The molecule has 4 aromatic heterocycles. The van der Waals surface area contributed by atoms with Gasteiger partial charge in [-0.3, -0.25) is 9.97 Å². The maximum absolute atomic E-state index is 4.67. The van der Waals surface area contributed by atoms with Gasteiger partial charge in [-0.05, 0) is 35.4 Å². The number of fused-ring (bicyclic) bond motifs is 2. The van der Waals surface area contributed by atoms with Crippen molar-refractivity contribution >= 4 is 44.7 Å². The van der Waals surface area contributed by atoms with E-state index in [0.717, 1.165) is 54.6 Å². The molecule has 2 N–H and O–H groups in total. The Bertz CT molecular complexity index is 1300. The Balaban J connectivity index is 1.42. The highest BCUT2D eigenvalue weighted by Gasteiger charge is 2.10. The normalized spacial score (nSPS) is 11.6. The molecule has 4 heterocycles. The Kier molecular flexibility index (Phi) is 3.40. The van der Waals surface area contributed by atoms with E-state index in [1.807, 2.05) is 35.5 Å². The number of rotatable bonds is 3. The second kappa shape index (κ2) is 6.08. The molecule has 6 rings (SSSR count). The van der Waals surface area contributed by atoms with Crippen LogP contribution in [0.15, 0.2) is 59.8 Å². The molecule has 134 valence electrons. The second-order valence-electron chi connectivity index (χ2n) is 6.37. The van der Waals surface area contributed by atoms with Crippen LogP contribution < -0.4 is 0 Å². The molecule has 2 aromatic carbocycles. The Hall–Kier alpha value is -3.36. The summed E-state index contributed by atoms with van der Waals surface area (Å²) in [5.41, 5.74) is 9.80. The summed E-state index contributed by atoms with van der Waals surface area (Å²) >= 11 is 3.15. The van der Waals surface area contributed by atoms with Gasteiger partial charge in [0.25, 0.3) is 0 Å². The van der Waals surface area contributed by atoms with Crippen molar-refractivity contribution in [1.29, 1.82) is 0 Å². The van der Waals surface area contributed by atoms with Crippen molar-refractivity contribution in [3.63, 3.8) is 0 Å². The molecule has 0 atom stereocenters. The Labute approximate surface area is 167 Å². The molecule has 0 saturated carbocycles. The highest BCUT2D eigenvalue weighted by atomic mass is 32.1. The average Bonchev–Trinajstić information content (AvgIpc) is 3.52. The molecule has 0 spiro atoms. The maximum Gasteiger partial charge on any atom is 0.150 e. The first kappa shape index (κ1) is 15.7. The minimum absolute atomic E-state index is 0.855. The van der Waals surface area contributed by atoms with E-state index in [9.17, 15) is 0 Å². The van der Waals surface area contributed by atoms with Crippen LogP contribution >= 0.6 is 22.7 Å². The monoisotopic (exact) mass is 400 g/mol. The molecule has 0 aliphatic rings. The van der Waals surface area contributed by atoms with Crippen LogP contribution in [-0.4, -0.2) is 29.9 Å². The van der Waals surface area contributed by atoms with E-state index in [4.69, 9.17) is 0 Å². The molecular formula is C20H12N6S2. The van der Waals surface area contributed by atoms with Crippen molar-refractivity contribution in [2.24, 2.45) is 0 Å². The van der Waals surface area contributed by atoms with Crippen molar-refractivity contribution in [3.05, 3.63) is 59.8 Å². The molecule has 0 bridgehead atoms. The molecule has 0 radical (unpaired) electrons. The minimum Gasteiger partial charge on any atom is -0.337 e. The fourth-order valence-electron chi connectivity index (χ4n) is 3.28. The first-order chi connectivity index (χ1) is 13.8. The third-order valence-electron chi connectivity index (χ3n) is 4.63. The van der Waals surface area contributed by atoms with Gasteiger partial charge < -0.3 is 9.97 Å². The molecule has 0 aliphatic heterocycles. The van der Waals surface area contributed by atoms with E-state index >= 15 is 0 Å². The molecule has 6 nitrogen and oxygen atoms in total. The molecule has 8 heteroatoms. The van der Waals surface area contributed by atoms with Crippen LogP contribution in [0.25, 0.3) is 54.6 Å². The lowest BCUT2D eigenvalue weighted by Gasteiger charge is -2.01. The number of hydrogen-bond acceptors (Lipinski definition) is 6. The zero-order valence-corrected chi connectivity index (χ0v) is 16.0. The highest BCUT2D eigenvalue weighted by Crippen LogP contribution is 2.30. The minimum atomic E-state index is 0.855. The lowest BCUT2D eigenvalue weighted by atomic mass is 10.0. The Morgan fingerprint density at radius 2 is 1.14 bits per heavy atom. The van der Waals surface area contributed by atoms with E-state index < -0.39 is 0 Å². The molecular weight excluding hydrogens is 388 g/mol. The van der Waals surface area contributed by atoms with Gasteiger partial charge in [0.15, 0.2) is 0 Å². The number of benzene rings is 2. The number of nitrogens with zero attached hydrogens (tertiary/aromatic N) is 4. The standard InChI is InChI=1S/C20H12N6S2/c1-3-13-15(25-19(23-13)17-7-21-9-27-17)5-11(1)12-2-4-14-16(6-12)26-20(24-14)18-8-22-10-28-18/h1-10H,(H,23,25)(H,24,26). The number of nitrogens with one attached hydrogen (secondary N) is 2. The first-order valence-corrected chi connectivity index (χ1v) is 10.4. The van der Waals surface area contributed by atoms with Gasteiger partial charge in [-0.1, -0.05) is 12.1 Å². The maximum atomic E-state index is 4.67.